The van der Waals surface area contributed by atoms with E-state index >= 15 is 0 Å². The van der Waals surface area contributed by atoms with Crippen LogP contribution in [0, 0.1) is 0 Å². The van der Waals surface area contributed by atoms with Gasteiger partial charge < -0.3 is 15.8 Å². The summed E-state index contributed by atoms with van der Waals surface area (Å²) in [6.07, 6.45) is 3.57. The first-order valence-corrected chi connectivity index (χ1v) is 8.05. The second-order valence-corrected chi connectivity index (χ2v) is 5.87. The molecular weight excluding hydrogens is 413 g/mol. The quantitative estimate of drug-likeness (QED) is 0.429. The number of fused-ring (bicyclic) bond motifs is 1. The number of anilines is 1. The zero-order valence-electron chi connectivity index (χ0n) is 13.9. The van der Waals surface area contributed by atoms with Gasteiger partial charge in [-0.05, 0) is 42.5 Å². The van der Waals surface area contributed by atoms with Crippen LogP contribution in [-0.4, -0.2) is 19.6 Å². The molecular formula is C19H24IN3O. The van der Waals surface area contributed by atoms with Crippen molar-refractivity contribution in [1.29, 1.82) is 0 Å². The van der Waals surface area contributed by atoms with E-state index in [1.165, 1.54) is 30.4 Å². The summed E-state index contributed by atoms with van der Waals surface area (Å²) in [6.45, 7) is 0.722. The molecule has 128 valence electrons. The zero-order chi connectivity index (χ0) is 16.1. The predicted octanol–water partition coefficient (Wildman–Crippen LogP) is 4.16. The van der Waals surface area contributed by atoms with Gasteiger partial charge in [0.15, 0.2) is 5.96 Å². The SMILES string of the molecule is COc1cccc(NC(N)=NCC2CCCc3ccccc32)c1.I. The summed E-state index contributed by atoms with van der Waals surface area (Å²) in [4.78, 5) is 4.54. The second kappa shape index (κ2) is 8.92. The Labute approximate surface area is 160 Å². The molecule has 1 aliphatic carbocycles. The average Bonchev–Trinajstić information content (AvgIpc) is 2.60. The molecule has 0 saturated heterocycles. The van der Waals surface area contributed by atoms with Crippen LogP contribution in [0.1, 0.15) is 29.9 Å². The third-order valence-corrected chi connectivity index (χ3v) is 4.32. The number of benzene rings is 2. The van der Waals surface area contributed by atoms with Gasteiger partial charge in [0.05, 0.1) is 7.11 Å². The lowest BCUT2D eigenvalue weighted by atomic mass is 9.83. The van der Waals surface area contributed by atoms with Crippen LogP contribution in [0.2, 0.25) is 0 Å². The first kappa shape index (κ1) is 18.6. The Kier molecular flexibility index (Phi) is 6.90. The van der Waals surface area contributed by atoms with Crippen LogP contribution in [0.3, 0.4) is 0 Å². The number of aliphatic imine (C=N–C) groups is 1. The van der Waals surface area contributed by atoms with E-state index in [0.29, 0.717) is 11.9 Å². The van der Waals surface area contributed by atoms with Crippen LogP contribution in [0.25, 0.3) is 0 Å². The zero-order valence-corrected chi connectivity index (χ0v) is 16.2. The smallest absolute Gasteiger partial charge is 0.193 e. The van der Waals surface area contributed by atoms with E-state index in [1.54, 1.807) is 7.11 Å². The normalized spacial score (nSPS) is 16.7. The molecule has 1 atom stereocenters. The van der Waals surface area contributed by atoms with Gasteiger partial charge in [0.25, 0.3) is 0 Å². The summed E-state index contributed by atoms with van der Waals surface area (Å²) < 4.78 is 5.21. The maximum Gasteiger partial charge on any atom is 0.193 e. The molecule has 3 rings (SSSR count). The van der Waals surface area contributed by atoms with Gasteiger partial charge >= 0.3 is 0 Å². The Morgan fingerprint density at radius 3 is 2.92 bits per heavy atom. The molecule has 3 N–H and O–H groups in total. The summed E-state index contributed by atoms with van der Waals surface area (Å²) in [6, 6.07) is 16.3. The number of guanidine groups is 1. The number of nitrogens with zero attached hydrogens (tertiary/aromatic N) is 1. The maximum atomic E-state index is 6.03. The molecule has 0 heterocycles. The number of nitrogens with two attached hydrogens (primary N) is 1. The van der Waals surface area contributed by atoms with Gasteiger partial charge in [0.2, 0.25) is 0 Å². The van der Waals surface area contributed by atoms with E-state index in [2.05, 4.69) is 34.6 Å². The molecule has 2 aromatic rings. The summed E-state index contributed by atoms with van der Waals surface area (Å²) in [5.74, 6) is 1.70. The first-order chi connectivity index (χ1) is 11.3. The van der Waals surface area contributed by atoms with Crippen LogP contribution in [0.15, 0.2) is 53.5 Å². The fourth-order valence-corrected chi connectivity index (χ4v) is 3.14. The summed E-state index contributed by atoms with van der Waals surface area (Å²) in [7, 11) is 1.65. The molecule has 1 unspecified atom stereocenters. The molecule has 0 saturated carbocycles. The summed E-state index contributed by atoms with van der Waals surface area (Å²) >= 11 is 0. The van der Waals surface area contributed by atoms with Gasteiger partial charge in [0.1, 0.15) is 5.75 Å². The first-order valence-electron chi connectivity index (χ1n) is 8.05. The Morgan fingerprint density at radius 2 is 2.08 bits per heavy atom. The van der Waals surface area contributed by atoms with Crippen molar-refractivity contribution in [3.05, 3.63) is 59.7 Å². The van der Waals surface area contributed by atoms with Gasteiger partial charge in [-0.1, -0.05) is 30.3 Å². The number of ether oxygens (including phenoxy) is 1. The lowest BCUT2D eigenvalue weighted by Gasteiger charge is -2.24. The molecule has 0 amide bonds. The monoisotopic (exact) mass is 437 g/mol. The lowest BCUT2D eigenvalue weighted by molar-refractivity contribution is 0.415. The number of halogens is 1. The van der Waals surface area contributed by atoms with Crippen LogP contribution < -0.4 is 15.8 Å². The van der Waals surface area contributed by atoms with Crippen molar-refractivity contribution < 1.29 is 4.74 Å². The predicted molar refractivity (Wildman–Crippen MR) is 111 cm³/mol. The highest BCUT2D eigenvalue weighted by Crippen LogP contribution is 2.31. The van der Waals surface area contributed by atoms with E-state index in [-0.39, 0.29) is 24.0 Å². The van der Waals surface area contributed by atoms with Crippen molar-refractivity contribution in [3.63, 3.8) is 0 Å². The van der Waals surface area contributed by atoms with Crippen molar-refractivity contribution >= 4 is 35.6 Å². The largest absolute Gasteiger partial charge is 0.497 e. The molecule has 0 radical (unpaired) electrons. The molecule has 0 aliphatic heterocycles. The van der Waals surface area contributed by atoms with Crippen LogP contribution >= 0.6 is 24.0 Å². The maximum absolute atomic E-state index is 6.03. The fourth-order valence-electron chi connectivity index (χ4n) is 3.14. The summed E-state index contributed by atoms with van der Waals surface area (Å²) in [5.41, 5.74) is 9.80. The Hall–Kier alpha value is -1.76. The van der Waals surface area contributed by atoms with Gasteiger partial charge in [-0.2, -0.15) is 0 Å². The van der Waals surface area contributed by atoms with E-state index < -0.39 is 0 Å². The molecule has 4 nitrogen and oxygen atoms in total. The third kappa shape index (κ3) is 4.63. The summed E-state index contributed by atoms with van der Waals surface area (Å²) in [5, 5.41) is 3.13. The highest BCUT2D eigenvalue weighted by molar-refractivity contribution is 14.0. The van der Waals surface area contributed by atoms with E-state index in [1.807, 2.05) is 24.3 Å². The topological polar surface area (TPSA) is 59.6 Å². The van der Waals surface area contributed by atoms with Crippen molar-refractivity contribution in [2.75, 3.05) is 19.0 Å². The molecule has 0 aromatic heterocycles. The molecule has 0 spiro atoms. The van der Waals surface area contributed by atoms with Crippen molar-refractivity contribution in [2.24, 2.45) is 10.7 Å². The molecule has 5 heteroatoms. The van der Waals surface area contributed by atoms with E-state index in [0.717, 1.165) is 18.0 Å². The minimum atomic E-state index is 0. The van der Waals surface area contributed by atoms with Crippen molar-refractivity contribution in [1.82, 2.24) is 0 Å². The number of methoxy groups -OCH3 is 1. The van der Waals surface area contributed by atoms with Gasteiger partial charge in [-0.15, -0.1) is 24.0 Å². The van der Waals surface area contributed by atoms with Crippen molar-refractivity contribution in [2.45, 2.75) is 25.2 Å². The molecule has 1 aliphatic rings. The third-order valence-electron chi connectivity index (χ3n) is 4.32. The fraction of sp³-hybridized carbons (Fsp3) is 0.316. The van der Waals surface area contributed by atoms with Crippen LogP contribution in [0.5, 0.6) is 5.75 Å². The molecule has 2 aromatic carbocycles. The van der Waals surface area contributed by atoms with E-state index in [9.17, 15) is 0 Å². The van der Waals surface area contributed by atoms with Crippen LogP contribution in [-0.2, 0) is 6.42 Å². The number of nitrogens with one attached hydrogen (secondary N) is 1. The minimum Gasteiger partial charge on any atom is -0.497 e. The molecule has 0 bridgehead atoms. The van der Waals surface area contributed by atoms with Crippen LogP contribution in [0.4, 0.5) is 5.69 Å². The molecule has 24 heavy (non-hydrogen) atoms. The van der Waals surface area contributed by atoms with E-state index in [4.69, 9.17) is 10.5 Å². The number of rotatable bonds is 4. The standard InChI is InChI=1S/C19H23N3O.HI/c1-23-17-10-5-9-16(12-17)22-19(20)21-13-15-8-4-7-14-6-2-3-11-18(14)15;/h2-3,5-6,9-12,15H,4,7-8,13H2,1H3,(H3,20,21,22);1H. The Balaban J connectivity index is 0.00000208. The van der Waals surface area contributed by atoms with Crippen molar-refractivity contribution in [3.8, 4) is 5.75 Å². The Morgan fingerprint density at radius 1 is 1.25 bits per heavy atom. The highest BCUT2D eigenvalue weighted by Gasteiger charge is 2.19. The average molecular weight is 437 g/mol. The number of aryl methyl sites for hydroxylation is 1. The molecule has 0 fully saturated rings. The van der Waals surface area contributed by atoms with Gasteiger partial charge in [0, 0.05) is 24.2 Å². The number of hydrogen-bond donors (Lipinski definition) is 2. The second-order valence-electron chi connectivity index (χ2n) is 5.87. The minimum absolute atomic E-state index is 0. The van der Waals surface area contributed by atoms with Gasteiger partial charge in [-0.3, -0.25) is 4.99 Å². The number of hydrogen-bond acceptors (Lipinski definition) is 2. The lowest BCUT2D eigenvalue weighted by Crippen LogP contribution is -2.24. The Bertz CT molecular complexity index is 703. The van der Waals surface area contributed by atoms with Gasteiger partial charge in [-0.25, -0.2) is 0 Å². The highest BCUT2D eigenvalue weighted by atomic mass is 127.